The number of amides is 1. The van der Waals surface area contributed by atoms with Gasteiger partial charge < -0.3 is 19.8 Å². The van der Waals surface area contributed by atoms with Crippen LogP contribution in [0.2, 0.25) is 5.02 Å². The Labute approximate surface area is 204 Å². The lowest BCUT2D eigenvalue weighted by molar-refractivity contribution is 0.0889. The van der Waals surface area contributed by atoms with Gasteiger partial charge in [-0.25, -0.2) is 0 Å². The number of Topliss-reactive ketones (excluding diaryl/α,β-unsaturated/α-hetero) is 1. The molecule has 0 atom stereocenters. The second-order valence-corrected chi connectivity index (χ2v) is 9.66. The van der Waals surface area contributed by atoms with Gasteiger partial charge in [-0.15, -0.1) is 0 Å². The standard InChI is InChI=1S/C27H29ClN2O4/c1-2-6-21-25(26(31)16-7-4-3-5-8-16)19-10-9-17(27(29)32)11-22(19)30(21)14-18-12-23-24(13-20(18)28)34-15-33-23/h9-13,16H,2-8,14-15H2,1H3,(H2,29,32). The lowest BCUT2D eigenvalue weighted by Crippen LogP contribution is -2.19. The van der Waals surface area contributed by atoms with Crippen LogP contribution < -0.4 is 15.2 Å². The number of ether oxygens (including phenoxy) is 2. The van der Waals surface area contributed by atoms with E-state index in [-0.39, 0.29) is 18.5 Å². The highest BCUT2D eigenvalue weighted by Gasteiger charge is 2.29. The first-order valence-corrected chi connectivity index (χ1v) is 12.4. The largest absolute Gasteiger partial charge is 0.454 e. The number of hydrogen-bond acceptors (Lipinski definition) is 4. The summed E-state index contributed by atoms with van der Waals surface area (Å²) < 4.78 is 13.1. The molecule has 34 heavy (non-hydrogen) atoms. The van der Waals surface area contributed by atoms with Crippen molar-refractivity contribution < 1.29 is 19.1 Å². The van der Waals surface area contributed by atoms with Gasteiger partial charge in [0, 0.05) is 45.8 Å². The Hall–Kier alpha value is -2.99. The maximum absolute atomic E-state index is 13.8. The van der Waals surface area contributed by atoms with Crippen LogP contribution >= 0.6 is 11.6 Å². The number of nitrogens with two attached hydrogens (primary N) is 1. The number of benzene rings is 2. The summed E-state index contributed by atoms with van der Waals surface area (Å²) in [5.74, 6) is 1.06. The van der Waals surface area contributed by atoms with Crippen molar-refractivity contribution in [2.24, 2.45) is 11.7 Å². The minimum Gasteiger partial charge on any atom is -0.454 e. The Morgan fingerprint density at radius 2 is 1.82 bits per heavy atom. The number of fused-ring (bicyclic) bond motifs is 2. The molecule has 1 saturated carbocycles. The molecule has 2 aliphatic rings. The molecule has 2 N–H and O–H groups in total. The van der Waals surface area contributed by atoms with Crippen LogP contribution in [0.1, 0.15) is 77.4 Å². The first-order valence-electron chi connectivity index (χ1n) is 12.0. The summed E-state index contributed by atoms with van der Waals surface area (Å²) >= 11 is 6.62. The zero-order valence-electron chi connectivity index (χ0n) is 19.4. The van der Waals surface area contributed by atoms with Crippen LogP contribution in [0.25, 0.3) is 10.9 Å². The van der Waals surface area contributed by atoms with Gasteiger partial charge in [0.05, 0.1) is 5.52 Å². The van der Waals surface area contributed by atoms with Crippen LogP contribution in [0.15, 0.2) is 30.3 Å². The Morgan fingerprint density at radius 3 is 2.53 bits per heavy atom. The minimum absolute atomic E-state index is 0.0494. The fourth-order valence-corrected chi connectivity index (χ4v) is 5.54. The van der Waals surface area contributed by atoms with Crippen molar-refractivity contribution in [1.82, 2.24) is 4.57 Å². The van der Waals surface area contributed by atoms with E-state index >= 15 is 0 Å². The van der Waals surface area contributed by atoms with E-state index in [2.05, 4.69) is 11.5 Å². The molecule has 1 amide bonds. The van der Waals surface area contributed by atoms with Gasteiger partial charge in [-0.05, 0) is 43.0 Å². The molecular formula is C27H29ClN2O4. The molecule has 5 rings (SSSR count). The molecule has 0 bridgehead atoms. The molecule has 7 heteroatoms. The van der Waals surface area contributed by atoms with Crippen LogP contribution in [0.5, 0.6) is 11.5 Å². The van der Waals surface area contributed by atoms with Gasteiger partial charge >= 0.3 is 0 Å². The third-order valence-corrected chi connectivity index (χ3v) is 7.39. The third-order valence-electron chi connectivity index (χ3n) is 7.04. The monoisotopic (exact) mass is 480 g/mol. The summed E-state index contributed by atoms with van der Waals surface area (Å²) in [4.78, 5) is 25.8. The number of halogens is 1. The molecule has 0 saturated heterocycles. The number of aromatic nitrogens is 1. The zero-order valence-corrected chi connectivity index (χ0v) is 20.1. The molecule has 0 radical (unpaired) electrons. The highest BCUT2D eigenvalue weighted by atomic mass is 35.5. The predicted molar refractivity (Wildman–Crippen MR) is 132 cm³/mol. The Balaban J connectivity index is 1.69. The number of nitrogens with zero attached hydrogens (tertiary/aromatic N) is 1. The molecular weight excluding hydrogens is 452 g/mol. The normalized spacial score (nSPS) is 15.7. The summed E-state index contributed by atoms with van der Waals surface area (Å²) in [6, 6.07) is 9.06. The van der Waals surface area contributed by atoms with Crippen LogP contribution in [-0.4, -0.2) is 23.1 Å². The summed E-state index contributed by atoms with van der Waals surface area (Å²) in [5.41, 5.74) is 9.49. The minimum atomic E-state index is -0.493. The maximum atomic E-state index is 13.8. The number of carbonyl (C=O) groups is 2. The van der Waals surface area contributed by atoms with E-state index < -0.39 is 5.91 Å². The molecule has 2 heterocycles. The van der Waals surface area contributed by atoms with Gasteiger partial charge in [0.1, 0.15) is 0 Å². The highest BCUT2D eigenvalue weighted by Crippen LogP contribution is 2.39. The quantitative estimate of drug-likeness (QED) is 0.427. The lowest BCUT2D eigenvalue weighted by atomic mass is 9.83. The summed E-state index contributed by atoms with van der Waals surface area (Å²) in [5, 5.41) is 1.45. The average Bonchev–Trinajstić information content (AvgIpc) is 3.41. The summed E-state index contributed by atoms with van der Waals surface area (Å²) in [6.07, 6.45) is 6.88. The molecule has 0 spiro atoms. The van der Waals surface area contributed by atoms with Crippen molar-refractivity contribution in [1.29, 1.82) is 0 Å². The van der Waals surface area contributed by atoms with Gasteiger partial charge in [0.2, 0.25) is 12.7 Å². The van der Waals surface area contributed by atoms with Gasteiger partial charge in [-0.1, -0.05) is 50.3 Å². The van der Waals surface area contributed by atoms with Gasteiger partial charge in [0.15, 0.2) is 17.3 Å². The highest BCUT2D eigenvalue weighted by molar-refractivity contribution is 6.31. The third kappa shape index (κ3) is 4.05. The van der Waals surface area contributed by atoms with Crippen molar-refractivity contribution in [2.75, 3.05) is 6.79 Å². The summed E-state index contributed by atoms with van der Waals surface area (Å²) in [6.45, 7) is 2.73. The molecule has 0 unspecified atom stereocenters. The first-order chi connectivity index (χ1) is 16.5. The van der Waals surface area contributed by atoms with Crippen molar-refractivity contribution in [3.63, 3.8) is 0 Å². The fraction of sp³-hybridized carbons (Fsp3) is 0.407. The number of ketones is 1. The van der Waals surface area contributed by atoms with E-state index in [9.17, 15) is 9.59 Å². The second-order valence-electron chi connectivity index (χ2n) is 9.25. The topological polar surface area (TPSA) is 83.6 Å². The van der Waals surface area contributed by atoms with Crippen molar-refractivity contribution in [2.45, 2.75) is 58.4 Å². The van der Waals surface area contributed by atoms with E-state index in [4.69, 9.17) is 26.8 Å². The smallest absolute Gasteiger partial charge is 0.248 e. The SMILES string of the molecule is CCCc1c(C(=O)C2CCCCC2)c2ccc(C(N)=O)cc2n1Cc1cc2c(cc1Cl)OCO2. The van der Waals surface area contributed by atoms with Crippen LogP contribution in [0.3, 0.4) is 0 Å². The Morgan fingerprint density at radius 1 is 1.09 bits per heavy atom. The number of carbonyl (C=O) groups excluding carboxylic acids is 2. The molecule has 1 aromatic heterocycles. The molecule has 1 fully saturated rings. The van der Waals surface area contributed by atoms with E-state index in [1.165, 1.54) is 6.42 Å². The molecule has 178 valence electrons. The fourth-order valence-electron chi connectivity index (χ4n) is 5.33. The predicted octanol–water partition coefficient (Wildman–Crippen LogP) is 5.89. The van der Waals surface area contributed by atoms with Gasteiger partial charge in [-0.2, -0.15) is 0 Å². The molecule has 6 nitrogen and oxygen atoms in total. The van der Waals surface area contributed by atoms with Crippen molar-refractivity contribution >= 4 is 34.2 Å². The number of rotatable bonds is 7. The molecule has 1 aliphatic heterocycles. The maximum Gasteiger partial charge on any atom is 0.248 e. The van der Waals surface area contributed by atoms with E-state index in [1.807, 2.05) is 12.1 Å². The Kier molecular flexibility index (Phi) is 6.26. The van der Waals surface area contributed by atoms with Crippen LogP contribution in [-0.2, 0) is 13.0 Å². The van der Waals surface area contributed by atoms with Crippen LogP contribution in [0.4, 0.5) is 0 Å². The van der Waals surface area contributed by atoms with Crippen molar-refractivity contribution in [3.05, 3.63) is 57.7 Å². The van der Waals surface area contributed by atoms with E-state index in [0.29, 0.717) is 28.6 Å². The van der Waals surface area contributed by atoms with Crippen LogP contribution in [0, 0.1) is 5.92 Å². The van der Waals surface area contributed by atoms with E-state index in [1.54, 1.807) is 18.2 Å². The summed E-state index contributed by atoms with van der Waals surface area (Å²) in [7, 11) is 0. The second kappa shape index (κ2) is 9.34. The Bertz CT molecular complexity index is 1270. The molecule has 2 aromatic carbocycles. The lowest BCUT2D eigenvalue weighted by Gasteiger charge is -2.21. The average molecular weight is 481 g/mol. The first kappa shape index (κ1) is 22.8. The zero-order chi connectivity index (χ0) is 23.8. The van der Waals surface area contributed by atoms with Gasteiger partial charge in [-0.3, -0.25) is 9.59 Å². The number of hydrogen-bond donors (Lipinski definition) is 1. The van der Waals surface area contributed by atoms with Gasteiger partial charge in [0.25, 0.3) is 0 Å². The van der Waals surface area contributed by atoms with E-state index in [0.717, 1.165) is 66.2 Å². The molecule has 3 aromatic rings. The van der Waals surface area contributed by atoms with Crippen molar-refractivity contribution in [3.8, 4) is 11.5 Å². The number of primary amides is 1. The molecule has 1 aliphatic carbocycles.